The summed E-state index contributed by atoms with van der Waals surface area (Å²) in [6.07, 6.45) is 0. The maximum absolute atomic E-state index is 5.58. The standard InChI is InChI=1S/C9H15N7/c1-7(2)15(6-5-10)9-4-3-8-11-13-14-16(8)12-9/h3-4,7H,5-6,10H2,1-2H3. The minimum atomic E-state index is 0.338. The van der Waals surface area contributed by atoms with Crippen LogP contribution in [0.2, 0.25) is 0 Å². The predicted molar refractivity (Wildman–Crippen MR) is 60.1 cm³/mol. The number of nitrogens with zero attached hydrogens (tertiary/aromatic N) is 6. The summed E-state index contributed by atoms with van der Waals surface area (Å²) in [6.45, 7) is 5.55. The van der Waals surface area contributed by atoms with Crippen LogP contribution in [0.3, 0.4) is 0 Å². The molecule has 86 valence electrons. The van der Waals surface area contributed by atoms with Crippen LogP contribution in [0.4, 0.5) is 5.82 Å². The van der Waals surface area contributed by atoms with Gasteiger partial charge < -0.3 is 10.6 Å². The molecule has 0 aromatic carbocycles. The Morgan fingerprint density at radius 3 is 2.94 bits per heavy atom. The summed E-state index contributed by atoms with van der Waals surface area (Å²) in [7, 11) is 0. The molecular formula is C9H15N7. The molecule has 2 rings (SSSR count). The first kappa shape index (κ1) is 10.7. The average Bonchev–Trinajstić information content (AvgIpc) is 2.72. The first-order valence-corrected chi connectivity index (χ1v) is 5.24. The van der Waals surface area contributed by atoms with Gasteiger partial charge in [-0.3, -0.25) is 0 Å². The van der Waals surface area contributed by atoms with Gasteiger partial charge in [-0.1, -0.05) is 0 Å². The Kier molecular flexibility index (Phi) is 2.95. The van der Waals surface area contributed by atoms with E-state index in [-0.39, 0.29) is 0 Å². The molecule has 0 aliphatic heterocycles. The molecule has 0 bridgehead atoms. The molecule has 16 heavy (non-hydrogen) atoms. The molecule has 0 fully saturated rings. The Morgan fingerprint density at radius 1 is 1.44 bits per heavy atom. The summed E-state index contributed by atoms with van der Waals surface area (Å²) < 4.78 is 1.42. The molecule has 2 N–H and O–H groups in total. The van der Waals surface area contributed by atoms with E-state index in [2.05, 4.69) is 39.4 Å². The lowest BCUT2D eigenvalue weighted by Crippen LogP contribution is -2.36. The lowest BCUT2D eigenvalue weighted by atomic mass is 10.3. The van der Waals surface area contributed by atoms with Crippen LogP contribution in [0.25, 0.3) is 5.65 Å². The quantitative estimate of drug-likeness (QED) is 0.762. The molecule has 2 aromatic rings. The lowest BCUT2D eigenvalue weighted by molar-refractivity contribution is 0.649. The number of nitrogens with two attached hydrogens (primary N) is 1. The van der Waals surface area contributed by atoms with Crippen LogP contribution in [0.5, 0.6) is 0 Å². The number of hydrogen-bond donors (Lipinski definition) is 1. The minimum absolute atomic E-state index is 0.338. The first-order chi connectivity index (χ1) is 7.72. The van der Waals surface area contributed by atoms with Crippen LogP contribution in [0, 0.1) is 0 Å². The van der Waals surface area contributed by atoms with Crippen molar-refractivity contribution in [2.45, 2.75) is 19.9 Å². The predicted octanol–water partition coefficient (Wildman–Crippen LogP) is -0.307. The summed E-state index contributed by atoms with van der Waals surface area (Å²) in [5, 5.41) is 15.5. The van der Waals surface area contributed by atoms with Gasteiger partial charge in [0.15, 0.2) is 11.5 Å². The Balaban J connectivity index is 2.35. The summed E-state index contributed by atoms with van der Waals surface area (Å²) in [5.74, 6) is 0.834. The third-order valence-electron chi connectivity index (χ3n) is 2.34. The summed E-state index contributed by atoms with van der Waals surface area (Å²) in [6, 6.07) is 4.08. The van der Waals surface area contributed by atoms with Gasteiger partial charge in [-0.15, -0.1) is 14.8 Å². The van der Waals surface area contributed by atoms with Gasteiger partial charge in [-0.05, 0) is 36.4 Å². The third-order valence-corrected chi connectivity index (χ3v) is 2.34. The Bertz CT molecular complexity index is 464. The van der Waals surface area contributed by atoms with E-state index < -0.39 is 0 Å². The monoisotopic (exact) mass is 221 g/mol. The third kappa shape index (κ3) is 1.94. The zero-order valence-electron chi connectivity index (χ0n) is 9.41. The fourth-order valence-electron chi connectivity index (χ4n) is 1.57. The van der Waals surface area contributed by atoms with Gasteiger partial charge in [0.05, 0.1) is 0 Å². The van der Waals surface area contributed by atoms with Gasteiger partial charge in [0.25, 0.3) is 0 Å². The van der Waals surface area contributed by atoms with Crippen molar-refractivity contribution >= 4 is 11.5 Å². The first-order valence-electron chi connectivity index (χ1n) is 5.24. The van der Waals surface area contributed by atoms with Crippen LogP contribution in [-0.4, -0.2) is 44.4 Å². The molecule has 2 heterocycles. The van der Waals surface area contributed by atoms with Crippen LogP contribution < -0.4 is 10.6 Å². The molecule has 2 aromatic heterocycles. The zero-order chi connectivity index (χ0) is 11.5. The fourth-order valence-corrected chi connectivity index (χ4v) is 1.57. The number of hydrogen-bond acceptors (Lipinski definition) is 6. The van der Waals surface area contributed by atoms with Crippen molar-refractivity contribution in [1.82, 2.24) is 25.3 Å². The molecule has 0 radical (unpaired) electrons. The topological polar surface area (TPSA) is 85.2 Å². The van der Waals surface area contributed by atoms with Gasteiger partial charge >= 0.3 is 0 Å². The molecule has 0 saturated carbocycles. The normalized spacial score (nSPS) is 11.2. The molecule has 0 atom stereocenters. The molecule has 7 nitrogen and oxygen atoms in total. The smallest absolute Gasteiger partial charge is 0.200 e. The number of tetrazole rings is 1. The second kappa shape index (κ2) is 4.40. The Labute approximate surface area is 93.2 Å². The lowest BCUT2D eigenvalue weighted by Gasteiger charge is -2.26. The van der Waals surface area contributed by atoms with Crippen molar-refractivity contribution in [2.75, 3.05) is 18.0 Å². The van der Waals surface area contributed by atoms with E-state index in [4.69, 9.17) is 5.73 Å². The van der Waals surface area contributed by atoms with Crippen LogP contribution in [0.1, 0.15) is 13.8 Å². The highest BCUT2D eigenvalue weighted by atomic mass is 15.6. The minimum Gasteiger partial charge on any atom is -0.351 e. The molecule has 0 spiro atoms. The van der Waals surface area contributed by atoms with Gasteiger partial charge in [0.1, 0.15) is 0 Å². The average molecular weight is 221 g/mol. The molecule has 0 unspecified atom stereocenters. The van der Waals surface area contributed by atoms with E-state index in [1.165, 1.54) is 4.63 Å². The summed E-state index contributed by atoms with van der Waals surface area (Å²) in [5.41, 5.74) is 6.22. The highest BCUT2D eigenvalue weighted by Gasteiger charge is 2.12. The molecule has 7 heteroatoms. The maximum Gasteiger partial charge on any atom is 0.200 e. The van der Waals surface area contributed by atoms with Gasteiger partial charge in [0, 0.05) is 19.1 Å². The van der Waals surface area contributed by atoms with Gasteiger partial charge in [0.2, 0.25) is 0 Å². The highest BCUT2D eigenvalue weighted by molar-refractivity contribution is 5.44. The molecule has 0 aliphatic rings. The van der Waals surface area contributed by atoms with Crippen LogP contribution in [-0.2, 0) is 0 Å². The summed E-state index contributed by atoms with van der Waals surface area (Å²) >= 11 is 0. The van der Waals surface area contributed by atoms with Crippen LogP contribution >= 0.6 is 0 Å². The van der Waals surface area contributed by atoms with Crippen molar-refractivity contribution in [3.63, 3.8) is 0 Å². The SMILES string of the molecule is CC(C)N(CCN)c1ccc2nnnn2n1. The van der Waals surface area contributed by atoms with Crippen molar-refractivity contribution in [2.24, 2.45) is 5.73 Å². The van der Waals surface area contributed by atoms with Crippen LogP contribution in [0.15, 0.2) is 12.1 Å². The van der Waals surface area contributed by atoms with E-state index in [1.807, 2.05) is 12.1 Å². The zero-order valence-corrected chi connectivity index (χ0v) is 9.41. The Morgan fingerprint density at radius 2 is 2.25 bits per heavy atom. The van der Waals surface area contributed by atoms with Gasteiger partial charge in [-0.25, -0.2) is 0 Å². The number of anilines is 1. The Hall–Kier alpha value is -1.76. The van der Waals surface area contributed by atoms with Crippen molar-refractivity contribution in [1.29, 1.82) is 0 Å². The van der Waals surface area contributed by atoms with E-state index in [0.29, 0.717) is 18.2 Å². The number of rotatable bonds is 4. The van der Waals surface area contributed by atoms with E-state index in [0.717, 1.165) is 12.4 Å². The second-order valence-corrected chi connectivity index (χ2v) is 3.79. The van der Waals surface area contributed by atoms with E-state index in [1.54, 1.807) is 0 Å². The summed E-state index contributed by atoms with van der Waals surface area (Å²) in [4.78, 5) is 2.11. The number of fused-ring (bicyclic) bond motifs is 1. The second-order valence-electron chi connectivity index (χ2n) is 3.79. The van der Waals surface area contributed by atoms with Crippen molar-refractivity contribution in [3.05, 3.63) is 12.1 Å². The van der Waals surface area contributed by atoms with Crippen molar-refractivity contribution in [3.8, 4) is 0 Å². The van der Waals surface area contributed by atoms with E-state index in [9.17, 15) is 0 Å². The van der Waals surface area contributed by atoms with E-state index >= 15 is 0 Å². The fraction of sp³-hybridized carbons (Fsp3) is 0.556. The highest BCUT2D eigenvalue weighted by Crippen LogP contribution is 2.12. The van der Waals surface area contributed by atoms with Gasteiger partial charge in [-0.2, -0.15) is 0 Å². The molecule has 0 amide bonds. The maximum atomic E-state index is 5.58. The molecule has 0 aliphatic carbocycles. The molecular weight excluding hydrogens is 206 g/mol. The number of aromatic nitrogens is 5. The largest absolute Gasteiger partial charge is 0.351 e. The molecule has 0 saturated heterocycles. The van der Waals surface area contributed by atoms with Crippen molar-refractivity contribution < 1.29 is 0 Å².